The lowest BCUT2D eigenvalue weighted by Gasteiger charge is -1.96. The maximum Gasteiger partial charge on any atom is 0.130 e. The fourth-order valence-corrected chi connectivity index (χ4v) is 2.71. The molecule has 1 heterocycles. The maximum absolute atomic E-state index is 13.5. The summed E-state index contributed by atoms with van der Waals surface area (Å²) in [6.07, 6.45) is 3.61. The summed E-state index contributed by atoms with van der Waals surface area (Å²) in [5.74, 6) is -0.218. The van der Waals surface area contributed by atoms with Crippen LogP contribution < -0.4 is 0 Å². The number of thiazole rings is 1. The fourth-order valence-electron chi connectivity index (χ4n) is 1.99. The van der Waals surface area contributed by atoms with Crippen LogP contribution in [0.25, 0.3) is 23.4 Å². The van der Waals surface area contributed by atoms with Gasteiger partial charge in [-0.25, -0.2) is 9.37 Å². The summed E-state index contributed by atoms with van der Waals surface area (Å²) in [6, 6.07) is 15.0. The molecule has 0 bridgehead atoms. The van der Waals surface area contributed by atoms with Crippen LogP contribution in [0.4, 0.5) is 4.39 Å². The van der Waals surface area contributed by atoms with Gasteiger partial charge in [-0.3, -0.25) is 0 Å². The number of rotatable bonds is 3. The van der Waals surface area contributed by atoms with Gasteiger partial charge in [0.1, 0.15) is 10.8 Å². The van der Waals surface area contributed by atoms with Crippen molar-refractivity contribution in [2.75, 3.05) is 0 Å². The molecule has 3 heteroatoms. The van der Waals surface area contributed by atoms with Crippen LogP contribution in [-0.2, 0) is 0 Å². The monoisotopic (exact) mass is 295 g/mol. The zero-order chi connectivity index (χ0) is 14.7. The van der Waals surface area contributed by atoms with Crippen molar-refractivity contribution >= 4 is 23.5 Å². The van der Waals surface area contributed by atoms with Gasteiger partial charge in [0.15, 0.2) is 0 Å². The second kappa shape index (κ2) is 6.02. The average Bonchev–Trinajstić information content (AvgIpc) is 2.96. The lowest BCUT2D eigenvalue weighted by atomic mass is 10.1. The van der Waals surface area contributed by atoms with Crippen LogP contribution in [0.5, 0.6) is 0 Å². The van der Waals surface area contributed by atoms with Gasteiger partial charge < -0.3 is 0 Å². The van der Waals surface area contributed by atoms with Crippen molar-refractivity contribution in [3.63, 3.8) is 0 Å². The fraction of sp³-hybridized carbons (Fsp3) is 0.0556. The third-order valence-corrected chi connectivity index (χ3v) is 3.99. The van der Waals surface area contributed by atoms with Crippen LogP contribution >= 0.6 is 11.3 Å². The molecule has 3 rings (SSSR count). The Hall–Kier alpha value is -2.26. The van der Waals surface area contributed by atoms with Crippen molar-refractivity contribution in [2.24, 2.45) is 0 Å². The summed E-state index contributed by atoms with van der Waals surface area (Å²) in [6.45, 7) is 2.06. The van der Waals surface area contributed by atoms with Gasteiger partial charge in [-0.2, -0.15) is 0 Å². The third-order valence-electron chi connectivity index (χ3n) is 3.18. The molecule has 1 aromatic heterocycles. The predicted molar refractivity (Wildman–Crippen MR) is 87.6 cm³/mol. The van der Waals surface area contributed by atoms with Crippen molar-refractivity contribution < 1.29 is 4.39 Å². The van der Waals surface area contributed by atoms with E-state index >= 15 is 0 Å². The molecule has 21 heavy (non-hydrogen) atoms. The zero-order valence-electron chi connectivity index (χ0n) is 11.6. The Labute approximate surface area is 127 Å². The Morgan fingerprint density at radius 1 is 1.00 bits per heavy atom. The van der Waals surface area contributed by atoms with E-state index in [4.69, 9.17) is 0 Å². The number of hydrogen-bond acceptors (Lipinski definition) is 2. The average molecular weight is 295 g/mol. The van der Waals surface area contributed by atoms with Gasteiger partial charge in [0, 0.05) is 16.5 Å². The smallest absolute Gasteiger partial charge is 0.130 e. The van der Waals surface area contributed by atoms with Crippen LogP contribution in [0.15, 0.2) is 53.9 Å². The van der Waals surface area contributed by atoms with Crippen LogP contribution in [0.1, 0.15) is 16.1 Å². The first-order valence-corrected chi connectivity index (χ1v) is 7.55. The van der Waals surface area contributed by atoms with Crippen LogP contribution in [-0.4, -0.2) is 4.98 Å². The summed E-state index contributed by atoms with van der Waals surface area (Å²) in [5, 5.41) is 2.89. The summed E-state index contributed by atoms with van der Waals surface area (Å²) >= 11 is 1.55. The van der Waals surface area contributed by atoms with E-state index in [-0.39, 0.29) is 5.82 Å². The SMILES string of the molecule is Cc1ccc(-c2csc(/C=C/c3ccccc3F)n2)cc1. The van der Waals surface area contributed by atoms with Gasteiger partial charge in [0.05, 0.1) is 5.69 Å². The number of aryl methyl sites for hydroxylation is 1. The van der Waals surface area contributed by atoms with Gasteiger partial charge in [0.2, 0.25) is 0 Å². The summed E-state index contributed by atoms with van der Waals surface area (Å²) < 4.78 is 13.5. The summed E-state index contributed by atoms with van der Waals surface area (Å²) in [4.78, 5) is 4.56. The second-order valence-electron chi connectivity index (χ2n) is 4.79. The van der Waals surface area contributed by atoms with E-state index in [1.165, 1.54) is 11.6 Å². The van der Waals surface area contributed by atoms with Crippen molar-refractivity contribution in [3.8, 4) is 11.3 Å². The quantitative estimate of drug-likeness (QED) is 0.628. The highest BCUT2D eigenvalue weighted by Gasteiger charge is 2.03. The Balaban J connectivity index is 1.82. The normalized spacial score (nSPS) is 11.1. The molecule has 0 radical (unpaired) electrons. The summed E-state index contributed by atoms with van der Waals surface area (Å²) in [5.41, 5.74) is 3.86. The topological polar surface area (TPSA) is 12.9 Å². The van der Waals surface area contributed by atoms with E-state index in [2.05, 4.69) is 36.2 Å². The number of halogens is 1. The zero-order valence-corrected chi connectivity index (χ0v) is 12.4. The second-order valence-corrected chi connectivity index (χ2v) is 5.68. The molecule has 0 spiro atoms. The minimum Gasteiger partial charge on any atom is -0.237 e. The Bertz CT molecular complexity index is 772. The molecule has 1 nitrogen and oxygen atoms in total. The van der Waals surface area contributed by atoms with E-state index in [1.807, 2.05) is 17.5 Å². The number of nitrogens with zero attached hydrogens (tertiary/aromatic N) is 1. The maximum atomic E-state index is 13.5. The minimum atomic E-state index is -0.218. The van der Waals surface area contributed by atoms with Gasteiger partial charge in [-0.1, -0.05) is 48.0 Å². The van der Waals surface area contributed by atoms with Gasteiger partial charge in [-0.15, -0.1) is 11.3 Å². The molecule has 0 atom stereocenters. The molecule has 0 aliphatic carbocycles. The van der Waals surface area contributed by atoms with Crippen LogP contribution in [0, 0.1) is 12.7 Å². The number of aromatic nitrogens is 1. The molecule has 0 unspecified atom stereocenters. The lowest BCUT2D eigenvalue weighted by Crippen LogP contribution is -1.80. The highest BCUT2D eigenvalue weighted by atomic mass is 32.1. The third kappa shape index (κ3) is 3.26. The van der Waals surface area contributed by atoms with Crippen molar-refractivity contribution in [1.82, 2.24) is 4.98 Å². The minimum absolute atomic E-state index is 0.218. The van der Waals surface area contributed by atoms with E-state index in [1.54, 1.807) is 29.5 Å². The lowest BCUT2D eigenvalue weighted by molar-refractivity contribution is 0.625. The van der Waals surface area contributed by atoms with Gasteiger partial charge in [0.25, 0.3) is 0 Å². The highest BCUT2D eigenvalue weighted by Crippen LogP contribution is 2.23. The molecular formula is C18H14FNS. The molecule has 0 aliphatic rings. The molecule has 104 valence electrons. The Morgan fingerprint density at radius 3 is 2.52 bits per heavy atom. The van der Waals surface area contributed by atoms with Crippen molar-refractivity contribution in [3.05, 3.63) is 75.9 Å². The molecular weight excluding hydrogens is 281 g/mol. The van der Waals surface area contributed by atoms with E-state index in [0.29, 0.717) is 5.56 Å². The first-order valence-electron chi connectivity index (χ1n) is 6.67. The van der Waals surface area contributed by atoms with Crippen molar-refractivity contribution in [1.29, 1.82) is 0 Å². The first-order chi connectivity index (χ1) is 10.2. The highest BCUT2D eigenvalue weighted by molar-refractivity contribution is 7.10. The standard InChI is InChI=1S/C18H14FNS/c1-13-6-8-15(9-7-13)17-12-21-18(20-17)11-10-14-4-2-3-5-16(14)19/h2-12H,1H3/b11-10+. The molecule has 0 fully saturated rings. The summed E-state index contributed by atoms with van der Waals surface area (Å²) in [7, 11) is 0. The largest absolute Gasteiger partial charge is 0.237 e. The molecule has 0 N–H and O–H groups in total. The molecule has 0 saturated heterocycles. The van der Waals surface area contributed by atoms with Crippen molar-refractivity contribution in [2.45, 2.75) is 6.92 Å². The van der Waals surface area contributed by atoms with Crippen LogP contribution in [0.2, 0.25) is 0 Å². The van der Waals surface area contributed by atoms with E-state index in [9.17, 15) is 4.39 Å². The van der Waals surface area contributed by atoms with Gasteiger partial charge in [-0.05, 0) is 25.1 Å². The van der Waals surface area contributed by atoms with E-state index in [0.717, 1.165) is 16.3 Å². The molecule has 0 saturated carbocycles. The molecule has 3 aromatic rings. The van der Waals surface area contributed by atoms with Gasteiger partial charge >= 0.3 is 0 Å². The van der Waals surface area contributed by atoms with E-state index < -0.39 is 0 Å². The first kappa shape index (κ1) is 13.7. The molecule has 0 amide bonds. The number of hydrogen-bond donors (Lipinski definition) is 0. The molecule has 2 aromatic carbocycles. The number of benzene rings is 2. The Kier molecular flexibility index (Phi) is 3.93. The molecule has 0 aliphatic heterocycles. The van der Waals surface area contributed by atoms with Crippen LogP contribution in [0.3, 0.4) is 0 Å². The predicted octanol–water partition coefficient (Wildman–Crippen LogP) is 5.43. The Morgan fingerprint density at radius 2 is 1.76 bits per heavy atom.